The third kappa shape index (κ3) is 5.52. The number of hydrogen-bond donors (Lipinski definition) is 2. The van der Waals surface area contributed by atoms with E-state index >= 15 is 0 Å². The third-order valence-corrected chi connectivity index (χ3v) is 3.80. The molecule has 1 aliphatic rings. The van der Waals surface area contributed by atoms with Gasteiger partial charge in [0, 0.05) is 12.0 Å². The lowest BCUT2D eigenvalue weighted by molar-refractivity contribution is -0.125. The number of hydrogen-bond acceptors (Lipinski definition) is 2. The van der Waals surface area contributed by atoms with Crippen molar-refractivity contribution in [3.63, 3.8) is 0 Å². The lowest BCUT2D eigenvalue weighted by Gasteiger charge is -2.33. The van der Waals surface area contributed by atoms with Crippen LogP contribution >= 0.6 is 34.8 Å². The smallest absolute Gasteiger partial charge is 0.223 e. The molecule has 1 rings (SSSR count). The number of amides is 1. The van der Waals surface area contributed by atoms with Crippen molar-refractivity contribution < 1.29 is 4.79 Å². The maximum absolute atomic E-state index is 11.7. The largest absolute Gasteiger partial charge is 0.336 e. The predicted molar refractivity (Wildman–Crippen MR) is 77.1 cm³/mol. The van der Waals surface area contributed by atoms with E-state index in [1.165, 1.54) is 19.3 Å². The van der Waals surface area contributed by atoms with Gasteiger partial charge in [-0.15, -0.1) is 0 Å². The normalized spacial score (nSPS) is 19.9. The van der Waals surface area contributed by atoms with Crippen LogP contribution in [-0.4, -0.2) is 21.9 Å². The number of carbonyl (C=O) groups is 1. The Balaban J connectivity index is 2.58. The maximum atomic E-state index is 11.7. The molecule has 0 radical (unpaired) electrons. The minimum absolute atomic E-state index is 0.116. The van der Waals surface area contributed by atoms with E-state index < -0.39 is 9.96 Å². The van der Waals surface area contributed by atoms with Gasteiger partial charge in [-0.1, -0.05) is 67.9 Å². The van der Waals surface area contributed by atoms with Crippen LogP contribution in [0.1, 0.15) is 46.0 Å². The summed E-state index contributed by atoms with van der Waals surface area (Å²) in [6.07, 6.45) is 5.11. The zero-order chi connectivity index (χ0) is 13.8. The first kappa shape index (κ1) is 16.4. The van der Waals surface area contributed by atoms with Crippen LogP contribution in [-0.2, 0) is 4.79 Å². The summed E-state index contributed by atoms with van der Waals surface area (Å²) in [6, 6.07) is 0.312. The van der Waals surface area contributed by atoms with Gasteiger partial charge in [-0.2, -0.15) is 0 Å². The molecule has 1 fully saturated rings. The molecule has 18 heavy (non-hydrogen) atoms. The molecule has 1 saturated carbocycles. The summed E-state index contributed by atoms with van der Waals surface area (Å²) in [5.41, 5.74) is 0. The summed E-state index contributed by atoms with van der Waals surface area (Å²) in [4.78, 5) is 11.7. The van der Waals surface area contributed by atoms with Gasteiger partial charge in [-0.3, -0.25) is 10.1 Å². The SMILES string of the molecule is CC(C)C(=O)N[C@H](NC1CCCCC1)C(Cl)(Cl)Cl. The van der Waals surface area contributed by atoms with Crippen molar-refractivity contribution >= 4 is 40.7 Å². The summed E-state index contributed by atoms with van der Waals surface area (Å²) in [5.74, 6) is -0.248. The summed E-state index contributed by atoms with van der Waals surface area (Å²) in [5, 5.41) is 6.01. The van der Waals surface area contributed by atoms with Crippen LogP contribution in [0, 0.1) is 5.92 Å². The minimum Gasteiger partial charge on any atom is -0.336 e. The predicted octanol–water partition coefficient (Wildman–Crippen LogP) is 3.38. The van der Waals surface area contributed by atoms with Crippen LogP contribution in [0.2, 0.25) is 0 Å². The second-order valence-electron chi connectivity index (χ2n) is 5.14. The van der Waals surface area contributed by atoms with E-state index in [1.807, 2.05) is 13.8 Å². The van der Waals surface area contributed by atoms with Crippen LogP contribution in [0.5, 0.6) is 0 Å². The molecular formula is C12H21Cl3N2O. The molecule has 0 aromatic heterocycles. The zero-order valence-corrected chi connectivity index (χ0v) is 13.1. The van der Waals surface area contributed by atoms with Crippen LogP contribution in [0.15, 0.2) is 0 Å². The first-order chi connectivity index (χ1) is 8.30. The van der Waals surface area contributed by atoms with Gasteiger partial charge in [0.2, 0.25) is 9.70 Å². The van der Waals surface area contributed by atoms with Crippen molar-refractivity contribution in [3.8, 4) is 0 Å². The average Bonchev–Trinajstić information content (AvgIpc) is 2.28. The molecule has 0 heterocycles. The molecule has 0 saturated heterocycles. The van der Waals surface area contributed by atoms with Crippen molar-refractivity contribution in [1.82, 2.24) is 10.6 Å². The number of rotatable bonds is 4. The second-order valence-corrected chi connectivity index (χ2v) is 7.51. The standard InChI is InChI=1S/C12H21Cl3N2O/c1-8(2)10(18)17-11(12(13,14)15)16-9-6-4-3-5-7-9/h8-9,11,16H,3-7H2,1-2H3,(H,17,18)/t11-/m0/s1. The van der Waals surface area contributed by atoms with Crippen molar-refractivity contribution in [2.45, 2.75) is 62.0 Å². The van der Waals surface area contributed by atoms with E-state index in [-0.39, 0.29) is 11.8 Å². The van der Waals surface area contributed by atoms with Gasteiger partial charge in [-0.25, -0.2) is 0 Å². The Hall–Kier alpha value is 0.300. The fourth-order valence-electron chi connectivity index (χ4n) is 2.03. The topological polar surface area (TPSA) is 41.1 Å². The van der Waals surface area contributed by atoms with Gasteiger partial charge < -0.3 is 5.32 Å². The molecule has 1 amide bonds. The van der Waals surface area contributed by atoms with Crippen molar-refractivity contribution in [1.29, 1.82) is 0 Å². The minimum atomic E-state index is -1.54. The molecule has 106 valence electrons. The highest BCUT2D eigenvalue weighted by molar-refractivity contribution is 6.68. The van der Waals surface area contributed by atoms with E-state index in [4.69, 9.17) is 34.8 Å². The fourth-order valence-corrected chi connectivity index (χ4v) is 2.38. The van der Waals surface area contributed by atoms with Gasteiger partial charge in [0.05, 0.1) is 0 Å². The maximum Gasteiger partial charge on any atom is 0.223 e. The quantitative estimate of drug-likeness (QED) is 0.617. The lowest BCUT2D eigenvalue weighted by atomic mass is 9.95. The van der Waals surface area contributed by atoms with Gasteiger partial charge >= 0.3 is 0 Å². The Morgan fingerprint density at radius 1 is 1.17 bits per heavy atom. The van der Waals surface area contributed by atoms with Crippen LogP contribution < -0.4 is 10.6 Å². The van der Waals surface area contributed by atoms with Crippen molar-refractivity contribution in [2.75, 3.05) is 0 Å². The molecule has 1 aliphatic carbocycles. The average molecular weight is 316 g/mol. The second kappa shape index (κ2) is 7.18. The van der Waals surface area contributed by atoms with Gasteiger partial charge in [0.1, 0.15) is 6.17 Å². The Bertz CT molecular complexity index is 273. The van der Waals surface area contributed by atoms with Crippen LogP contribution in [0.3, 0.4) is 0 Å². The Labute approximate surface area is 124 Å². The molecule has 0 aromatic carbocycles. The van der Waals surface area contributed by atoms with Crippen LogP contribution in [0.25, 0.3) is 0 Å². The molecule has 3 nitrogen and oxygen atoms in total. The highest BCUT2D eigenvalue weighted by Crippen LogP contribution is 2.30. The first-order valence-electron chi connectivity index (χ1n) is 6.44. The third-order valence-electron chi connectivity index (χ3n) is 3.15. The molecular weight excluding hydrogens is 295 g/mol. The highest BCUT2D eigenvalue weighted by atomic mass is 35.6. The highest BCUT2D eigenvalue weighted by Gasteiger charge is 2.35. The van der Waals surface area contributed by atoms with E-state index in [9.17, 15) is 4.79 Å². The Morgan fingerprint density at radius 3 is 2.17 bits per heavy atom. The van der Waals surface area contributed by atoms with Gasteiger partial charge in [0.15, 0.2) is 0 Å². The van der Waals surface area contributed by atoms with E-state index in [0.717, 1.165) is 12.8 Å². The number of carbonyl (C=O) groups excluding carboxylic acids is 1. The number of halogens is 3. The fraction of sp³-hybridized carbons (Fsp3) is 0.917. The monoisotopic (exact) mass is 314 g/mol. The molecule has 0 unspecified atom stereocenters. The molecule has 0 aliphatic heterocycles. The zero-order valence-electron chi connectivity index (χ0n) is 10.8. The molecule has 2 N–H and O–H groups in total. The van der Waals surface area contributed by atoms with Crippen LogP contribution in [0.4, 0.5) is 0 Å². The molecule has 0 spiro atoms. The molecule has 0 bridgehead atoms. The van der Waals surface area contributed by atoms with E-state index in [1.54, 1.807) is 0 Å². The van der Waals surface area contributed by atoms with Gasteiger partial charge in [0.25, 0.3) is 0 Å². The molecule has 0 aromatic rings. The van der Waals surface area contributed by atoms with Crippen molar-refractivity contribution in [3.05, 3.63) is 0 Å². The summed E-state index contributed by atoms with van der Waals surface area (Å²) >= 11 is 17.8. The number of nitrogens with one attached hydrogen (secondary N) is 2. The van der Waals surface area contributed by atoms with E-state index in [2.05, 4.69) is 10.6 Å². The summed E-state index contributed by atoms with van der Waals surface area (Å²) in [7, 11) is 0. The summed E-state index contributed by atoms with van der Waals surface area (Å²) in [6.45, 7) is 3.62. The van der Waals surface area contributed by atoms with Gasteiger partial charge in [-0.05, 0) is 12.8 Å². The summed E-state index contributed by atoms with van der Waals surface area (Å²) < 4.78 is -1.54. The molecule has 1 atom stereocenters. The lowest BCUT2D eigenvalue weighted by Crippen LogP contribution is -2.57. The Kier molecular flexibility index (Phi) is 6.52. The molecule has 6 heteroatoms. The van der Waals surface area contributed by atoms with Crippen molar-refractivity contribution in [2.24, 2.45) is 5.92 Å². The first-order valence-corrected chi connectivity index (χ1v) is 7.57. The number of alkyl halides is 3. The van der Waals surface area contributed by atoms with E-state index in [0.29, 0.717) is 6.04 Å². The Morgan fingerprint density at radius 2 is 1.72 bits per heavy atom.